The van der Waals surface area contributed by atoms with Crippen molar-refractivity contribution in [2.75, 3.05) is 18.4 Å². The van der Waals surface area contributed by atoms with Crippen molar-refractivity contribution in [2.24, 2.45) is 7.05 Å². The minimum Gasteiger partial charge on any atom is -0.342 e. The number of carbonyl (C=O) groups is 1. The highest BCUT2D eigenvalue weighted by molar-refractivity contribution is 9.09. The Bertz CT molecular complexity index is 393. The summed E-state index contributed by atoms with van der Waals surface area (Å²) in [5.74, 6) is 1.55. The fourth-order valence-corrected chi connectivity index (χ4v) is 2.65. The molecule has 1 aliphatic heterocycles. The fraction of sp³-hybridized carbons (Fsp3) is 0.727. The van der Waals surface area contributed by atoms with E-state index in [1.807, 2.05) is 16.5 Å². The predicted molar refractivity (Wildman–Crippen MR) is 68.0 cm³/mol. The first-order chi connectivity index (χ1) is 8.22. The summed E-state index contributed by atoms with van der Waals surface area (Å²) in [6.07, 6.45) is 4.43. The Balaban J connectivity index is 2.02. The summed E-state index contributed by atoms with van der Waals surface area (Å²) in [5.41, 5.74) is 0. The van der Waals surface area contributed by atoms with Crippen LogP contribution in [-0.2, 0) is 11.8 Å². The summed E-state index contributed by atoms with van der Waals surface area (Å²) in [5, 5.41) is 8.78. The van der Waals surface area contributed by atoms with Crippen LogP contribution in [0.25, 0.3) is 0 Å². The highest BCUT2D eigenvalue weighted by Crippen LogP contribution is 2.25. The van der Waals surface area contributed by atoms with Gasteiger partial charge in [-0.1, -0.05) is 15.9 Å². The van der Waals surface area contributed by atoms with E-state index < -0.39 is 0 Å². The van der Waals surface area contributed by atoms with Crippen LogP contribution in [0, 0.1) is 0 Å². The predicted octanol–water partition coefficient (Wildman–Crippen LogP) is 1.31. The zero-order chi connectivity index (χ0) is 12.3. The molecule has 94 valence electrons. The summed E-state index contributed by atoms with van der Waals surface area (Å²) in [6, 6.07) is 0. The maximum absolute atomic E-state index is 11.9. The largest absolute Gasteiger partial charge is 0.342 e. The van der Waals surface area contributed by atoms with Gasteiger partial charge in [-0.05, 0) is 12.8 Å². The Morgan fingerprint density at radius 3 is 3.12 bits per heavy atom. The number of halogens is 1. The Morgan fingerprint density at radius 1 is 1.65 bits per heavy atom. The number of hydrogen-bond donors (Lipinski definition) is 0. The molecule has 1 aliphatic rings. The number of hydrogen-bond acceptors (Lipinski definition) is 3. The molecule has 0 spiro atoms. The number of nitrogens with zero attached hydrogens (tertiary/aromatic N) is 4. The lowest BCUT2D eigenvalue weighted by Crippen LogP contribution is -2.39. The van der Waals surface area contributed by atoms with Gasteiger partial charge in [-0.2, -0.15) is 0 Å². The number of likely N-dealkylation sites (tertiary alicyclic amines) is 1. The van der Waals surface area contributed by atoms with E-state index in [0.29, 0.717) is 12.3 Å². The summed E-state index contributed by atoms with van der Waals surface area (Å²) >= 11 is 3.31. The molecule has 0 saturated carbocycles. The molecule has 1 aromatic heterocycles. The fourth-order valence-electron chi connectivity index (χ4n) is 2.32. The van der Waals surface area contributed by atoms with E-state index in [1.54, 1.807) is 6.33 Å². The number of aromatic nitrogens is 3. The van der Waals surface area contributed by atoms with Crippen LogP contribution in [0.1, 0.15) is 31.0 Å². The number of alkyl halides is 1. The minimum absolute atomic E-state index is 0.230. The third kappa shape index (κ3) is 2.86. The average Bonchev–Trinajstić information content (AvgIpc) is 2.76. The van der Waals surface area contributed by atoms with Crippen LogP contribution in [-0.4, -0.2) is 44.0 Å². The summed E-state index contributed by atoms with van der Waals surface area (Å²) in [4.78, 5) is 13.8. The third-order valence-electron chi connectivity index (χ3n) is 3.19. The van der Waals surface area contributed by atoms with Gasteiger partial charge in [0, 0.05) is 37.8 Å². The molecular formula is C11H17BrN4O. The van der Waals surface area contributed by atoms with E-state index in [0.717, 1.165) is 37.1 Å². The van der Waals surface area contributed by atoms with Gasteiger partial charge in [0.1, 0.15) is 12.2 Å². The first kappa shape index (κ1) is 12.5. The maximum Gasteiger partial charge on any atom is 0.223 e. The molecule has 6 heteroatoms. The highest BCUT2D eigenvalue weighted by Gasteiger charge is 2.26. The van der Waals surface area contributed by atoms with Crippen LogP contribution in [0.15, 0.2) is 6.33 Å². The number of aryl methyl sites for hydroxylation is 1. The zero-order valence-corrected chi connectivity index (χ0v) is 11.6. The topological polar surface area (TPSA) is 51.0 Å². The van der Waals surface area contributed by atoms with E-state index in [-0.39, 0.29) is 5.91 Å². The Labute approximate surface area is 109 Å². The van der Waals surface area contributed by atoms with Gasteiger partial charge in [0.25, 0.3) is 0 Å². The van der Waals surface area contributed by atoms with Crippen LogP contribution >= 0.6 is 15.9 Å². The van der Waals surface area contributed by atoms with E-state index in [1.165, 1.54) is 0 Å². The summed E-state index contributed by atoms with van der Waals surface area (Å²) in [6.45, 7) is 1.65. The molecule has 1 saturated heterocycles. The van der Waals surface area contributed by atoms with Crippen LogP contribution in [0.4, 0.5) is 0 Å². The first-order valence-corrected chi connectivity index (χ1v) is 7.02. The first-order valence-electron chi connectivity index (χ1n) is 5.90. The van der Waals surface area contributed by atoms with Gasteiger partial charge < -0.3 is 9.47 Å². The van der Waals surface area contributed by atoms with Crippen molar-refractivity contribution in [3.05, 3.63) is 12.2 Å². The number of rotatable bonds is 3. The highest BCUT2D eigenvalue weighted by atomic mass is 79.9. The molecule has 0 aliphatic carbocycles. The second-order valence-electron chi connectivity index (χ2n) is 4.42. The van der Waals surface area contributed by atoms with Gasteiger partial charge >= 0.3 is 0 Å². The van der Waals surface area contributed by atoms with Crippen LogP contribution in [0.3, 0.4) is 0 Å². The SMILES string of the molecule is Cn1cnnc1C1CCCN(C(=O)CCBr)C1. The third-order valence-corrected chi connectivity index (χ3v) is 3.59. The van der Waals surface area contributed by atoms with Crippen molar-refractivity contribution >= 4 is 21.8 Å². The normalized spacial score (nSPS) is 20.6. The van der Waals surface area contributed by atoms with E-state index in [2.05, 4.69) is 26.1 Å². The van der Waals surface area contributed by atoms with Gasteiger partial charge in [-0.25, -0.2) is 0 Å². The number of piperidine rings is 1. The van der Waals surface area contributed by atoms with Crippen molar-refractivity contribution < 1.29 is 4.79 Å². The Kier molecular flexibility index (Phi) is 4.15. The molecule has 5 nitrogen and oxygen atoms in total. The van der Waals surface area contributed by atoms with Gasteiger partial charge in [0.2, 0.25) is 5.91 Å². The van der Waals surface area contributed by atoms with Crippen molar-refractivity contribution in [3.63, 3.8) is 0 Å². The zero-order valence-electron chi connectivity index (χ0n) is 9.97. The second kappa shape index (κ2) is 5.62. The molecule has 1 unspecified atom stereocenters. The molecule has 1 amide bonds. The molecule has 0 radical (unpaired) electrons. The van der Waals surface area contributed by atoms with Crippen LogP contribution in [0.5, 0.6) is 0 Å². The van der Waals surface area contributed by atoms with Crippen molar-refractivity contribution in [1.29, 1.82) is 0 Å². The summed E-state index contributed by atoms with van der Waals surface area (Å²) < 4.78 is 1.95. The van der Waals surface area contributed by atoms with Gasteiger partial charge in [-0.15, -0.1) is 10.2 Å². The maximum atomic E-state index is 11.9. The lowest BCUT2D eigenvalue weighted by atomic mass is 9.97. The standard InChI is InChI=1S/C11H17BrN4O/c1-15-8-13-14-11(15)9-3-2-6-16(7-9)10(17)4-5-12/h8-9H,2-7H2,1H3. The molecule has 0 aromatic carbocycles. The van der Waals surface area contributed by atoms with Crippen LogP contribution < -0.4 is 0 Å². The Hall–Kier alpha value is -0.910. The molecule has 1 atom stereocenters. The Morgan fingerprint density at radius 2 is 2.47 bits per heavy atom. The molecule has 0 N–H and O–H groups in total. The molecule has 1 aromatic rings. The quantitative estimate of drug-likeness (QED) is 0.791. The molecule has 2 heterocycles. The second-order valence-corrected chi connectivity index (χ2v) is 5.21. The molecule has 2 rings (SSSR count). The van der Waals surface area contributed by atoms with E-state index in [9.17, 15) is 4.79 Å². The lowest BCUT2D eigenvalue weighted by Gasteiger charge is -2.32. The average molecular weight is 301 g/mol. The smallest absolute Gasteiger partial charge is 0.223 e. The molecule has 17 heavy (non-hydrogen) atoms. The monoisotopic (exact) mass is 300 g/mol. The molecule has 0 bridgehead atoms. The van der Waals surface area contributed by atoms with Crippen molar-refractivity contribution in [1.82, 2.24) is 19.7 Å². The van der Waals surface area contributed by atoms with Gasteiger partial charge in [-0.3, -0.25) is 4.79 Å². The van der Waals surface area contributed by atoms with Crippen LogP contribution in [0.2, 0.25) is 0 Å². The molecular weight excluding hydrogens is 284 g/mol. The van der Waals surface area contributed by atoms with Crippen molar-refractivity contribution in [3.8, 4) is 0 Å². The van der Waals surface area contributed by atoms with E-state index in [4.69, 9.17) is 0 Å². The van der Waals surface area contributed by atoms with Crippen molar-refractivity contribution in [2.45, 2.75) is 25.2 Å². The molecule has 1 fully saturated rings. The number of amides is 1. The van der Waals surface area contributed by atoms with Gasteiger partial charge in [0.05, 0.1) is 0 Å². The minimum atomic E-state index is 0.230. The summed E-state index contributed by atoms with van der Waals surface area (Å²) in [7, 11) is 1.95. The number of carbonyl (C=O) groups excluding carboxylic acids is 1. The van der Waals surface area contributed by atoms with Gasteiger partial charge in [0.15, 0.2) is 0 Å². The van der Waals surface area contributed by atoms with E-state index >= 15 is 0 Å². The lowest BCUT2D eigenvalue weighted by molar-refractivity contribution is -0.131.